The molecule has 2 aliphatic rings. The topological polar surface area (TPSA) is 44.8 Å². The van der Waals surface area contributed by atoms with Crippen molar-refractivity contribution in [1.29, 1.82) is 0 Å². The first-order valence-electron chi connectivity index (χ1n) is 15.2. The third-order valence-corrected chi connectivity index (χ3v) is 8.61. The second kappa shape index (κ2) is 17.2. The van der Waals surface area contributed by atoms with Crippen LogP contribution >= 0.6 is 0 Å². The second-order valence-corrected chi connectivity index (χ2v) is 11.5. The molecule has 1 aromatic rings. The molecule has 36 heavy (non-hydrogen) atoms. The van der Waals surface area contributed by atoms with Crippen LogP contribution in [-0.4, -0.2) is 19.2 Å². The molecule has 0 N–H and O–H groups in total. The first kappa shape index (κ1) is 29.2. The highest BCUT2D eigenvalue weighted by molar-refractivity contribution is 5.72. The number of carbonyl (C=O) groups excluding carboxylic acids is 1. The molecule has 0 saturated heterocycles. The highest BCUT2D eigenvalue weighted by Gasteiger charge is 2.30. The summed E-state index contributed by atoms with van der Waals surface area (Å²) in [5.41, 5.74) is 0.968. The first-order chi connectivity index (χ1) is 17.7. The Morgan fingerprint density at radius 2 is 1.31 bits per heavy atom. The molecule has 2 saturated carbocycles. The Kier molecular flexibility index (Phi) is 13.9. The lowest BCUT2D eigenvalue weighted by atomic mass is 9.80. The van der Waals surface area contributed by atoms with Gasteiger partial charge in [0.15, 0.2) is 6.10 Å². The standard InChI is InChI=1S/C32H52O4/c1-3-5-8-12-26-16-18-28(19-17-26)24-34-35-25-31(29-14-10-7-11-15-29)36-32(33)30-22-20-27(21-23-30)13-9-6-4-2/h7,10-11,14-15,26-28,30-31H,3-6,8-9,12-13,16-25H2,1-2H3. The maximum atomic E-state index is 13.0. The van der Waals surface area contributed by atoms with Crippen molar-refractivity contribution in [2.75, 3.05) is 13.2 Å². The first-order valence-corrected chi connectivity index (χ1v) is 15.2. The molecule has 1 aromatic carbocycles. The summed E-state index contributed by atoms with van der Waals surface area (Å²) in [6, 6.07) is 9.96. The average Bonchev–Trinajstić information content (AvgIpc) is 2.92. The maximum absolute atomic E-state index is 13.0. The number of esters is 1. The van der Waals surface area contributed by atoms with Crippen LogP contribution in [0.25, 0.3) is 0 Å². The number of carbonyl (C=O) groups is 1. The molecular weight excluding hydrogens is 448 g/mol. The van der Waals surface area contributed by atoms with Crippen LogP contribution in [0, 0.1) is 23.7 Å². The van der Waals surface area contributed by atoms with Gasteiger partial charge in [0.2, 0.25) is 0 Å². The average molecular weight is 501 g/mol. The molecule has 0 aliphatic heterocycles. The summed E-state index contributed by atoms with van der Waals surface area (Å²) in [5.74, 6) is 2.22. The van der Waals surface area contributed by atoms with E-state index in [1.54, 1.807) is 0 Å². The molecule has 204 valence electrons. The molecule has 0 amide bonds. The van der Waals surface area contributed by atoms with Gasteiger partial charge in [0.1, 0.15) is 6.61 Å². The zero-order chi connectivity index (χ0) is 25.4. The summed E-state index contributed by atoms with van der Waals surface area (Å²) in [6.07, 6.45) is 19.6. The molecular formula is C32H52O4. The number of hydrogen-bond acceptors (Lipinski definition) is 4. The van der Waals surface area contributed by atoms with Gasteiger partial charge in [0.05, 0.1) is 12.5 Å². The van der Waals surface area contributed by atoms with Crippen molar-refractivity contribution in [1.82, 2.24) is 0 Å². The fraction of sp³-hybridized carbons (Fsp3) is 0.781. The third-order valence-electron chi connectivity index (χ3n) is 8.61. The van der Waals surface area contributed by atoms with Gasteiger partial charge in [-0.15, -0.1) is 0 Å². The van der Waals surface area contributed by atoms with Gasteiger partial charge in [-0.2, -0.15) is 0 Å². The van der Waals surface area contributed by atoms with Gasteiger partial charge in [0, 0.05) is 0 Å². The quantitative estimate of drug-likeness (QED) is 0.0983. The highest BCUT2D eigenvalue weighted by atomic mass is 17.2. The van der Waals surface area contributed by atoms with E-state index in [9.17, 15) is 4.79 Å². The van der Waals surface area contributed by atoms with Gasteiger partial charge in [-0.25, -0.2) is 9.78 Å². The van der Waals surface area contributed by atoms with Crippen molar-refractivity contribution in [3.8, 4) is 0 Å². The van der Waals surface area contributed by atoms with Crippen molar-refractivity contribution < 1.29 is 19.3 Å². The third kappa shape index (κ3) is 10.5. The summed E-state index contributed by atoms with van der Waals surface area (Å²) in [5, 5.41) is 0. The van der Waals surface area contributed by atoms with E-state index in [-0.39, 0.29) is 18.5 Å². The van der Waals surface area contributed by atoms with E-state index in [2.05, 4.69) is 13.8 Å². The maximum Gasteiger partial charge on any atom is 0.309 e. The minimum atomic E-state index is -0.421. The molecule has 2 fully saturated rings. The van der Waals surface area contributed by atoms with Crippen molar-refractivity contribution in [3.05, 3.63) is 35.9 Å². The molecule has 0 aromatic heterocycles. The van der Waals surface area contributed by atoms with E-state index in [0.717, 1.165) is 43.1 Å². The van der Waals surface area contributed by atoms with E-state index < -0.39 is 6.10 Å². The molecule has 0 heterocycles. The number of benzene rings is 1. The Hall–Kier alpha value is -1.39. The molecule has 4 nitrogen and oxygen atoms in total. The largest absolute Gasteiger partial charge is 0.455 e. The van der Waals surface area contributed by atoms with E-state index in [1.165, 1.54) is 77.0 Å². The molecule has 1 unspecified atom stereocenters. The zero-order valence-corrected chi connectivity index (χ0v) is 23.1. The van der Waals surface area contributed by atoms with Crippen LogP contribution in [0.15, 0.2) is 30.3 Å². The fourth-order valence-electron chi connectivity index (χ4n) is 6.10. The van der Waals surface area contributed by atoms with Gasteiger partial charge in [-0.05, 0) is 61.8 Å². The minimum Gasteiger partial charge on any atom is -0.455 e. The summed E-state index contributed by atoms with van der Waals surface area (Å²) >= 11 is 0. The van der Waals surface area contributed by atoms with Crippen LogP contribution in [0.1, 0.15) is 128 Å². The molecule has 4 heteroatoms. The normalized spacial score (nSPS) is 25.4. The molecule has 3 rings (SSSR count). The summed E-state index contributed by atoms with van der Waals surface area (Å²) in [6.45, 7) is 5.41. The fourth-order valence-corrected chi connectivity index (χ4v) is 6.10. The van der Waals surface area contributed by atoms with E-state index >= 15 is 0 Å². The Morgan fingerprint density at radius 1 is 0.750 bits per heavy atom. The van der Waals surface area contributed by atoms with Gasteiger partial charge < -0.3 is 4.74 Å². The Labute approximate surface area is 220 Å². The van der Waals surface area contributed by atoms with Crippen LogP contribution < -0.4 is 0 Å². The predicted molar refractivity (Wildman–Crippen MR) is 146 cm³/mol. The van der Waals surface area contributed by atoms with Crippen molar-refractivity contribution in [2.45, 2.75) is 123 Å². The molecule has 0 spiro atoms. The van der Waals surface area contributed by atoms with E-state index in [4.69, 9.17) is 14.5 Å². The van der Waals surface area contributed by atoms with Crippen LogP contribution in [0.4, 0.5) is 0 Å². The monoisotopic (exact) mass is 500 g/mol. The van der Waals surface area contributed by atoms with Gasteiger partial charge in [-0.1, -0.05) is 108 Å². The predicted octanol–water partition coefficient (Wildman–Crippen LogP) is 8.99. The van der Waals surface area contributed by atoms with Gasteiger partial charge >= 0.3 is 5.97 Å². The van der Waals surface area contributed by atoms with Crippen LogP contribution in [0.3, 0.4) is 0 Å². The number of ether oxygens (including phenoxy) is 1. The molecule has 1 atom stereocenters. The zero-order valence-electron chi connectivity index (χ0n) is 23.1. The van der Waals surface area contributed by atoms with Gasteiger partial charge in [0.25, 0.3) is 0 Å². The lowest BCUT2D eigenvalue weighted by Crippen LogP contribution is -2.27. The Bertz CT molecular complexity index is 689. The Balaban J connectivity index is 1.38. The summed E-state index contributed by atoms with van der Waals surface area (Å²) in [7, 11) is 0. The van der Waals surface area contributed by atoms with Crippen molar-refractivity contribution >= 4 is 5.97 Å². The second-order valence-electron chi connectivity index (χ2n) is 11.5. The number of rotatable bonds is 16. The summed E-state index contributed by atoms with van der Waals surface area (Å²) in [4.78, 5) is 24.3. The number of hydrogen-bond donors (Lipinski definition) is 0. The van der Waals surface area contributed by atoms with Crippen molar-refractivity contribution in [3.63, 3.8) is 0 Å². The molecule has 0 bridgehead atoms. The molecule has 0 radical (unpaired) electrons. The van der Waals surface area contributed by atoms with E-state index in [1.807, 2.05) is 30.3 Å². The lowest BCUT2D eigenvalue weighted by Gasteiger charge is -2.29. The smallest absolute Gasteiger partial charge is 0.309 e. The number of unbranched alkanes of at least 4 members (excludes halogenated alkanes) is 4. The van der Waals surface area contributed by atoms with Crippen LogP contribution in [0.5, 0.6) is 0 Å². The Morgan fingerprint density at radius 3 is 1.89 bits per heavy atom. The van der Waals surface area contributed by atoms with Crippen LogP contribution in [-0.2, 0) is 19.3 Å². The summed E-state index contributed by atoms with van der Waals surface area (Å²) < 4.78 is 6.02. The van der Waals surface area contributed by atoms with Crippen LogP contribution in [0.2, 0.25) is 0 Å². The minimum absolute atomic E-state index is 0.0204. The highest BCUT2D eigenvalue weighted by Crippen LogP contribution is 2.34. The SMILES string of the molecule is CCCCCC1CCC(COOCC(OC(=O)C2CCC(CCCCC)CC2)c2ccccc2)CC1. The van der Waals surface area contributed by atoms with E-state index in [0.29, 0.717) is 12.5 Å². The lowest BCUT2D eigenvalue weighted by molar-refractivity contribution is -0.314. The van der Waals surface area contributed by atoms with Gasteiger partial charge in [-0.3, -0.25) is 4.79 Å². The van der Waals surface area contributed by atoms with Crippen molar-refractivity contribution in [2.24, 2.45) is 23.7 Å². The molecule has 2 aliphatic carbocycles.